The van der Waals surface area contributed by atoms with Crippen molar-refractivity contribution in [2.45, 2.75) is 58.9 Å². The molecule has 1 amide bonds. The molecule has 1 aromatic heterocycles. The molecule has 0 aromatic carbocycles. The lowest BCUT2D eigenvalue weighted by molar-refractivity contribution is 0.0918. The molecule has 0 unspecified atom stereocenters. The monoisotopic (exact) mass is 246 g/mol. The second kappa shape index (κ2) is 4.71. The summed E-state index contributed by atoms with van der Waals surface area (Å²) in [6.45, 7) is 7.90. The molecule has 0 bridgehead atoms. The molecule has 1 heterocycles. The Bertz CT molecular complexity index is 472. The van der Waals surface area contributed by atoms with Gasteiger partial charge in [-0.25, -0.2) is 0 Å². The Morgan fingerprint density at radius 2 is 1.94 bits per heavy atom. The zero-order valence-corrected chi connectivity index (χ0v) is 11.8. The Hall–Kier alpha value is -1.38. The topological polar surface area (TPSA) is 42.0 Å². The van der Waals surface area contributed by atoms with E-state index in [4.69, 9.17) is 0 Å². The maximum Gasteiger partial charge on any atom is 0.253 e. The Kier molecular flexibility index (Phi) is 3.42. The second-order valence-electron chi connectivity index (χ2n) is 6.14. The number of rotatable bonds is 1. The van der Waals surface area contributed by atoms with E-state index in [1.807, 2.05) is 33.8 Å². The highest BCUT2D eigenvalue weighted by molar-refractivity contribution is 5.95. The molecule has 3 nitrogen and oxygen atoms in total. The molecule has 2 rings (SSSR count). The van der Waals surface area contributed by atoms with Gasteiger partial charge in [-0.1, -0.05) is 0 Å². The number of carbonyl (C=O) groups excluding carboxylic acids is 1. The number of nitrogens with zero attached hydrogens (tertiary/aromatic N) is 1. The summed E-state index contributed by atoms with van der Waals surface area (Å²) in [5.74, 6) is -0.0131. The van der Waals surface area contributed by atoms with Crippen LogP contribution in [0.5, 0.6) is 0 Å². The lowest BCUT2D eigenvalue weighted by atomic mass is 9.93. The van der Waals surface area contributed by atoms with Gasteiger partial charge in [0.1, 0.15) is 0 Å². The molecule has 1 aliphatic carbocycles. The first kappa shape index (κ1) is 13.1. The van der Waals surface area contributed by atoms with Gasteiger partial charge in [-0.3, -0.25) is 9.78 Å². The first-order chi connectivity index (χ1) is 8.37. The average Bonchev–Trinajstić information content (AvgIpc) is 2.25. The Balaban J connectivity index is 2.31. The fraction of sp³-hybridized carbons (Fsp3) is 0.600. The van der Waals surface area contributed by atoms with Gasteiger partial charge in [0, 0.05) is 11.2 Å². The number of aromatic nitrogens is 1. The molecule has 0 fully saturated rings. The number of fused-ring (bicyclic) bond motifs is 1. The van der Waals surface area contributed by atoms with E-state index < -0.39 is 0 Å². The summed E-state index contributed by atoms with van der Waals surface area (Å²) in [5.41, 5.74) is 3.80. The lowest BCUT2D eigenvalue weighted by Gasteiger charge is -2.22. The number of aryl methyl sites for hydroxylation is 3. The van der Waals surface area contributed by atoms with Crippen LogP contribution in [0.2, 0.25) is 0 Å². The summed E-state index contributed by atoms with van der Waals surface area (Å²) in [6.07, 6.45) is 4.53. The highest BCUT2D eigenvalue weighted by atomic mass is 16.1. The number of amides is 1. The van der Waals surface area contributed by atoms with Crippen molar-refractivity contribution in [3.05, 3.63) is 28.6 Å². The minimum absolute atomic E-state index is 0.0131. The molecule has 1 aromatic rings. The van der Waals surface area contributed by atoms with Crippen molar-refractivity contribution in [3.8, 4) is 0 Å². The van der Waals surface area contributed by atoms with Gasteiger partial charge >= 0.3 is 0 Å². The molecule has 0 saturated carbocycles. The van der Waals surface area contributed by atoms with Crippen molar-refractivity contribution in [2.75, 3.05) is 0 Å². The van der Waals surface area contributed by atoms with Crippen molar-refractivity contribution in [2.24, 2.45) is 0 Å². The second-order valence-corrected chi connectivity index (χ2v) is 6.14. The standard InChI is InChI=1S/C15H22N2O/c1-10-12(14(18)17-15(2,3)4)9-11-7-5-6-8-13(11)16-10/h9H,5-8H2,1-4H3,(H,17,18). The molecule has 1 aliphatic rings. The molecule has 0 radical (unpaired) electrons. The first-order valence-electron chi connectivity index (χ1n) is 6.69. The molecular formula is C15H22N2O. The van der Waals surface area contributed by atoms with Crippen molar-refractivity contribution in [3.63, 3.8) is 0 Å². The normalized spacial score (nSPS) is 15.1. The summed E-state index contributed by atoms with van der Waals surface area (Å²) in [4.78, 5) is 16.8. The van der Waals surface area contributed by atoms with Crippen LogP contribution in [0.1, 0.15) is 60.9 Å². The van der Waals surface area contributed by atoms with E-state index in [1.165, 1.54) is 24.1 Å². The smallest absolute Gasteiger partial charge is 0.253 e. The predicted octanol–water partition coefficient (Wildman–Crippen LogP) is 2.80. The minimum Gasteiger partial charge on any atom is -0.347 e. The molecular weight excluding hydrogens is 224 g/mol. The van der Waals surface area contributed by atoms with Gasteiger partial charge in [0.05, 0.1) is 11.3 Å². The highest BCUT2D eigenvalue weighted by Gasteiger charge is 2.20. The van der Waals surface area contributed by atoms with Crippen molar-refractivity contribution < 1.29 is 4.79 Å². The van der Waals surface area contributed by atoms with E-state index in [2.05, 4.69) is 10.3 Å². The molecule has 1 N–H and O–H groups in total. The van der Waals surface area contributed by atoms with Crippen LogP contribution in [0, 0.1) is 6.92 Å². The highest BCUT2D eigenvalue weighted by Crippen LogP contribution is 2.22. The third-order valence-corrected chi connectivity index (χ3v) is 3.22. The molecule has 98 valence electrons. The largest absolute Gasteiger partial charge is 0.347 e. The Labute approximate surface area is 109 Å². The maximum absolute atomic E-state index is 12.2. The molecule has 18 heavy (non-hydrogen) atoms. The zero-order valence-electron chi connectivity index (χ0n) is 11.8. The fourth-order valence-corrected chi connectivity index (χ4v) is 2.38. The van der Waals surface area contributed by atoms with Crippen LogP contribution >= 0.6 is 0 Å². The van der Waals surface area contributed by atoms with Crippen LogP contribution in [0.3, 0.4) is 0 Å². The number of pyridine rings is 1. The zero-order chi connectivity index (χ0) is 13.3. The van der Waals surface area contributed by atoms with Gasteiger partial charge in [-0.2, -0.15) is 0 Å². The van der Waals surface area contributed by atoms with Crippen LogP contribution in [0.4, 0.5) is 0 Å². The van der Waals surface area contributed by atoms with Crippen LogP contribution in [0.15, 0.2) is 6.07 Å². The lowest BCUT2D eigenvalue weighted by Crippen LogP contribution is -2.41. The Morgan fingerprint density at radius 3 is 2.61 bits per heavy atom. The van der Waals surface area contributed by atoms with Gasteiger partial charge in [-0.05, 0) is 65.0 Å². The maximum atomic E-state index is 12.2. The van der Waals surface area contributed by atoms with Crippen molar-refractivity contribution >= 4 is 5.91 Å². The average molecular weight is 246 g/mol. The summed E-state index contributed by atoms with van der Waals surface area (Å²) in [6, 6.07) is 2.04. The van der Waals surface area contributed by atoms with Crippen LogP contribution in [-0.2, 0) is 12.8 Å². The van der Waals surface area contributed by atoms with Crippen LogP contribution in [0.25, 0.3) is 0 Å². The number of carbonyl (C=O) groups is 1. The predicted molar refractivity (Wildman–Crippen MR) is 72.8 cm³/mol. The van der Waals surface area contributed by atoms with Gasteiger partial charge in [-0.15, -0.1) is 0 Å². The van der Waals surface area contributed by atoms with Crippen LogP contribution < -0.4 is 5.32 Å². The number of hydrogen-bond acceptors (Lipinski definition) is 2. The number of hydrogen-bond donors (Lipinski definition) is 1. The Morgan fingerprint density at radius 1 is 1.28 bits per heavy atom. The molecule has 0 saturated heterocycles. The third-order valence-electron chi connectivity index (χ3n) is 3.22. The SMILES string of the molecule is Cc1nc2c(cc1C(=O)NC(C)(C)C)CCCC2. The summed E-state index contributed by atoms with van der Waals surface area (Å²) >= 11 is 0. The summed E-state index contributed by atoms with van der Waals surface area (Å²) in [5, 5.41) is 3.00. The van der Waals surface area contributed by atoms with E-state index >= 15 is 0 Å². The minimum atomic E-state index is -0.209. The van der Waals surface area contributed by atoms with E-state index in [0.29, 0.717) is 0 Å². The molecule has 3 heteroatoms. The first-order valence-corrected chi connectivity index (χ1v) is 6.69. The third kappa shape index (κ3) is 2.89. The van der Waals surface area contributed by atoms with Gasteiger partial charge in [0.25, 0.3) is 5.91 Å². The van der Waals surface area contributed by atoms with Crippen molar-refractivity contribution in [1.29, 1.82) is 0 Å². The molecule has 0 spiro atoms. The summed E-state index contributed by atoms with van der Waals surface area (Å²) in [7, 11) is 0. The quantitative estimate of drug-likeness (QED) is 0.828. The fourth-order valence-electron chi connectivity index (χ4n) is 2.38. The van der Waals surface area contributed by atoms with Gasteiger partial charge < -0.3 is 5.32 Å². The number of nitrogens with one attached hydrogen (secondary N) is 1. The van der Waals surface area contributed by atoms with Gasteiger partial charge in [0.2, 0.25) is 0 Å². The summed E-state index contributed by atoms with van der Waals surface area (Å²) < 4.78 is 0. The van der Waals surface area contributed by atoms with Crippen LogP contribution in [-0.4, -0.2) is 16.4 Å². The van der Waals surface area contributed by atoms with E-state index in [0.717, 1.165) is 24.1 Å². The van der Waals surface area contributed by atoms with E-state index in [9.17, 15) is 4.79 Å². The van der Waals surface area contributed by atoms with Crippen molar-refractivity contribution in [1.82, 2.24) is 10.3 Å². The van der Waals surface area contributed by atoms with E-state index in [1.54, 1.807) is 0 Å². The van der Waals surface area contributed by atoms with E-state index in [-0.39, 0.29) is 11.4 Å². The molecule has 0 atom stereocenters. The molecule has 0 aliphatic heterocycles. The van der Waals surface area contributed by atoms with Gasteiger partial charge in [0.15, 0.2) is 0 Å².